The molecule has 0 aromatic heterocycles. The molecule has 0 bridgehead atoms. The van der Waals surface area contributed by atoms with E-state index in [2.05, 4.69) is 0 Å². The number of hydrogen-bond acceptors (Lipinski definition) is 5. The highest BCUT2D eigenvalue weighted by molar-refractivity contribution is 6.03. The van der Waals surface area contributed by atoms with Gasteiger partial charge in [-0.1, -0.05) is 18.2 Å². The fourth-order valence-corrected chi connectivity index (χ4v) is 3.90. The molecule has 0 spiro atoms. The van der Waals surface area contributed by atoms with Gasteiger partial charge >= 0.3 is 18.2 Å². The van der Waals surface area contributed by atoms with Gasteiger partial charge in [0.25, 0.3) is 0 Å². The maximum absolute atomic E-state index is 13.6. The van der Waals surface area contributed by atoms with Gasteiger partial charge in [0.15, 0.2) is 0 Å². The Morgan fingerprint density at radius 2 is 1.88 bits per heavy atom. The van der Waals surface area contributed by atoms with Gasteiger partial charge in [0.1, 0.15) is 0 Å². The third-order valence-electron chi connectivity index (χ3n) is 5.40. The highest BCUT2D eigenvalue weighted by Gasteiger charge is 2.43. The van der Waals surface area contributed by atoms with Crippen molar-refractivity contribution < 1.29 is 27.5 Å². The topological polar surface area (TPSA) is 99.7 Å². The first-order valence-electron chi connectivity index (χ1n) is 10.5. The van der Waals surface area contributed by atoms with Gasteiger partial charge in [0, 0.05) is 18.8 Å². The molecule has 0 fully saturated rings. The van der Waals surface area contributed by atoms with Crippen LogP contribution >= 0.6 is 0 Å². The SMILES string of the molecule is CCOC(=O)C1=C(C)N(c2cccc(C(F)(F)F)c2)C(=O)N(CCN)C1c1ccc(C#N)cc1. The second kappa shape index (κ2) is 9.97. The molecule has 178 valence electrons. The molecule has 0 saturated heterocycles. The Morgan fingerprint density at radius 1 is 1.21 bits per heavy atom. The number of urea groups is 1. The molecule has 1 aliphatic heterocycles. The highest BCUT2D eigenvalue weighted by atomic mass is 19.4. The van der Waals surface area contributed by atoms with E-state index in [1.54, 1.807) is 31.2 Å². The molecule has 2 N–H and O–H groups in total. The van der Waals surface area contributed by atoms with Gasteiger partial charge in [-0.25, -0.2) is 9.59 Å². The largest absolute Gasteiger partial charge is 0.463 e. The monoisotopic (exact) mass is 472 g/mol. The van der Waals surface area contributed by atoms with Crippen molar-refractivity contribution in [2.75, 3.05) is 24.6 Å². The van der Waals surface area contributed by atoms with Crippen LogP contribution < -0.4 is 10.6 Å². The summed E-state index contributed by atoms with van der Waals surface area (Å²) in [5, 5.41) is 9.11. The average Bonchev–Trinajstić information content (AvgIpc) is 2.80. The van der Waals surface area contributed by atoms with Crippen LogP contribution in [0.1, 0.15) is 36.6 Å². The summed E-state index contributed by atoms with van der Waals surface area (Å²) in [5.74, 6) is -0.708. The van der Waals surface area contributed by atoms with Crippen LogP contribution in [0, 0.1) is 11.3 Å². The maximum atomic E-state index is 13.6. The number of nitriles is 1. The summed E-state index contributed by atoms with van der Waals surface area (Å²) in [4.78, 5) is 29.1. The molecule has 10 heteroatoms. The van der Waals surface area contributed by atoms with Gasteiger partial charge in [-0.05, 0) is 49.7 Å². The number of amides is 2. The zero-order chi connectivity index (χ0) is 25.0. The standard InChI is InChI=1S/C24H23F3N4O3/c1-3-34-22(32)20-15(2)31(19-6-4-5-18(13-19)24(25,26)27)23(33)30(12-11-28)21(20)17-9-7-16(14-29)8-10-17/h4-10,13,21H,3,11-12,28H2,1-2H3. The predicted octanol–water partition coefficient (Wildman–Crippen LogP) is 4.36. The van der Waals surface area contributed by atoms with Crippen molar-refractivity contribution in [2.24, 2.45) is 5.73 Å². The summed E-state index contributed by atoms with van der Waals surface area (Å²) < 4.78 is 45.3. The molecule has 2 amide bonds. The maximum Gasteiger partial charge on any atom is 0.416 e. The minimum absolute atomic E-state index is 0.0230. The van der Waals surface area contributed by atoms with Crippen molar-refractivity contribution in [3.05, 3.63) is 76.5 Å². The number of ether oxygens (including phenoxy) is 1. The van der Waals surface area contributed by atoms with Crippen LogP contribution in [0.15, 0.2) is 59.8 Å². The lowest BCUT2D eigenvalue weighted by molar-refractivity contribution is -0.139. The fourth-order valence-electron chi connectivity index (χ4n) is 3.90. The predicted molar refractivity (Wildman–Crippen MR) is 118 cm³/mol. The number of esters is 1. The molecule has 1 atom stereocenters. The molecule has 1 heterocycles. The smallest absolute Gasteiger partial charge is 0.416 e. The number of carbonyl (C=O) groups is 2. The van der Waals surface area contributed by atoms with Gasteiger partial charge in [0.05, 0.1) is 41.1 Å². The number of nitrogens with two attached hydrogens (primary N) is 1. The van der Waals surface area contributed by atoms with E-state index in [1.165, 1.54) is 24.0 Å². The Labute approximate surface area is 194 Å². The molecular weight excluding hydrogens is 449 g/mol. The average molecular weight is 472 g/mol. The fraction of sp³-hybridized carbons (Fsp3) is 0.292. The van der Waals surface area contributed by atoms with E-state index in [4.69, 9.17) is 15.7 Å². The van der Waals surface area contributed by atoms with Crippen molar-refractivity contribution in [1.29, 1.82) is 5.26 Å². The minimum atomic E-state index is -4.61. The number of hydrogen-bond donors (Lipinski definition) is 1. The van der Waals surface area contributed by atoms with Gasteiger partial charge in [-0.15, -0.1) is 0 Å². The van der Waals surface area contributed by atoms with Crippen LogP contribution in [0.2, 0.25) is 0 Å². The van der Waals surface area contributed by atoms with Gasteiger partial charge in [-0.2, -0.15) is 18.4 Å². The van der Waals surface area contributed by atoms with E-state index in [0.717, 1.165) is 17.0 Å². The van der Waals surface area contributed by atoms with Crippen LogP contribution in [0.5, 0.6) is 0 Å². The van der Waals surface area contributed by atoms with Gasteiger partial charge < -0.3 is 15.4 Å². The Hall–Kier alpha value is -3.84. The second-order valence-electron chi connectivity index (χ2n) is 7.50. The Kier molecular flexibility index (Phi) is 7.27. The molecule has 2 aromatic rings. The summed E-state index contributed by atoms with van der Waals surface area (Å²) in [6.07, 6.45) is -4.61. The molecule has 1 unspecified atom stereocenters. The Morgan fingerprint density at radius 3 is 2.44 bits per heavy atom. The highest BCUT2D eigenvalue weighted by Crippen LogP contribution is 2.41. The summed E-state index contributed by atoms with van der Waals surface area (Å²) in [6, 6.07) is 11.1. The lowest BCUT2D eigenvalue weighted by Crippen LogP contribution is -2.52. The third-order valence-corrected chi connectivity index (χ3v) is 5.40. The van der Waals surface area contributed by atoms with Crippen molar-refractivity contribution in [2.45, 2.75) is 26.1 Å². The van der Waals surface area contributed by atoms with E-state index in [-0.39, 0.29) is 36.7 Å². The van der Waals surface area contributed by atoms with E-state index >= 15 is 0 Å². The first kappa shape index (κ1) is 24.8. The molecule has 7 nitrogen and oxygen atoms in total. The van der Waals surface area contributed by atoms with E-state index < -0.39 is 29.8 Å². The molecule has 1 aliphatic rings. The molecule has 3 rings (SSSR count). The number of nitrogens with zero attached hydrogens (tertiary/aromatic N) is 3. The van der Waals surface area contributed by atoms with Crippen LogP contribution in [-0.2, 0) is 15.7 Å². The number of alkyl halides is 3. The normalized spacial score (nSPS) is 16.5. The first-order valence-corrected chi connectivity index (χ1v) is 10.5. The lowest BCUT2D eigenvalue weighted by Gasteiger charge is -2.42. The number of rotatable bonds is 6. The third kappa shape index (κ3) is 4.75. The Bertz CT molecular complexity index is 1150. The van der Waals surface area contributed by atoms with Crippen molar-refractivity contribution in [3.63, 3.8) is 0 Å². The van der Waals surface area contributed by atoms with E-state index in [1.807, 2.05) is 6.07 Å². The number of carbonyl (C=O) groups excluding carboxylic acids is 2. The quantitative estimate of drug-likeness (QED) is 0.630. The van der Waals surface area contributed by atoms with Crippen LogP contribution in [0.4, 0.5) is 23.7 Å². The number of anilines is 1. The van der Waals surface area contributed by atoms with Crippen LogP contribution in [-0.4, -0.2) is 36.6 Å². The van der Waals surface area contributed by atoms with E-state index in [0.29, 0.717) is 11.1 Å². The molecule has 0 aliphatic carbocycles. The van der Waals surface area contributed by atoms with Gasteiger partial charge in [0.2, 0.25) is 0 Å². The van der Waals surface area contributed by atoms with E-state index in [9.17, 15) is 22.8 Å². The Balaban J connectivity index is 2.25. The number of allylic oxidation sites excluding steroid dienone is 1. The van der Waals surface area contributed by atoms with Crippen molar-refractivity contribution in [3.8, 4) is 6.07 Å². The lowest BCUT2D eigenvalue weighted by atomic mass is 9.92. The van der Waals surface area contributed by atoms with Crippen molar-refractivity contribution >= 4 is 17.7 Å². The zero-order valence-electron chi connectivity index (χ0n) is 18.6. The molecule has 2 aromatic carbocycles. The first-order chi connectivity index (χ1) is 16.1. The molecule has 0 saturated carbocycles. The van der Waals surface area contributed by atoms with Crippen molar-refractivity contribution in [1.82, 2.24) is 4.90 Å². The summed E-state index contributed by atoms with van der Waals surface area (Å²) in [6.45, 7) is 3.24. The van der Waals surface area contributed by atoms with Crippen LogP contribution in [0.25, 0.3) is 0 Å². The zero-order valence-corrected chi connectivity index (χ0v) is 18.6. The summed E-state index contributed by atoms with van der Waals surface area (Å²) >= 11 is 0. The number of benzene rings is 2. The number of halogens is 3. The molecular formula is C24H23F3N4O3. The minimum Gasteiger partial charge on any atom is -0.463 e. The second-order valence-corrected chi connectivity index (χ2v) is 7.50. The summed E-state index contributed by atoms with van der Waals surface area (Å²) in [7, 11) is 0. The molecule has 0 radical (unpaired) electrons. The van der Waals surface area contributed by atoms with Gasteiger partial charge in [-0.3, -0.25) is 4.90 Å². The van der Waals surface area contributed by atoms with Crippen LogP contribution in [0.3, 0.4) is 0 Å². The summed E-state index contributed by atoms with van der Waals surface area (Å²) in [5.41, 5.74) is 5.94. The molecule has 34 heavy (non-hydrogen) atoms.